The zero-order chi connectivity index (χ0) is 11.5. The Morgan fingerprint density at radius 2 is 2.56 bits per heavy atom. The molecule has 1 aliphatic rings. The molecule has 1 atom stereocenters. The summed E-state index contributed by atoms with van der Waals surface area (Å²) in [7, 11) is 0. The Hall–Kier alpha value is -1.76. The summed E-state index contributed by atoms with van der Waals surface area (Å²) in [6.07, 6.45) is 7.59. The van der Waals surface area contributed by atoms with E-state index in [0.717, 1.165) is 18.5 Å². The predicted octanol–water partition coefficient (Wildman–Crippen LogP) is 1.61. The van der Waals surface area contributed by atoms with Crippen LogP contribution in [0.25, 0.3) is 0 Å². The van der Waals surface area contributed by atoms with E-state index >= 15 is 0 Å². The van der Waals surface area contributed by atoms with Crippen molar-refractivity contribution in [1.82, 2.24) is 5.16 Å². The molecule has 1 aromatic heterocycles. The van der Waals surface area contributed by atoms with Crippen molar-refractivity contribution in [3.05, 3.63) is 11.8 Å². The summed E-state index contributed by atoms with van der Waals surface area (Å²) in [5.74, 6) is 3.13. The van der Waals surface area contributed by atoms with Gasteiger partial charge in [-0.05, 0) is 6.42 Å². The van der Waals surface area contributed by atoms with E-state index in [1.165, 1.54) is 0 Å². The second-order valence-electron chi connectivity index (χ2n) is 3.98. The van der Waals surface area contributed by atoms with Gasteiger partial charge in [-0.1, -0.05) is 18.5 Å². The number of amides is 1. The van der Waals surface area contributed by atoms with E-state index in [-0.39, 0.29) is 11.8 Å². The lowest BCUT2D eigenvalue weighted by Crippen LogP contribution is -2.23. The van der Waals surface area contributed by atoms with E-state index in [2.05, 4.69) is 18.0 Å². The van der Waals surface area contributed by atoms with Gasteiger partial charge in [0.15, 0.2) is 0 Å². The minimum atomic E-state index is -0.00720. The Balaban J connectivity index is 2.12. The number of anilines is 1. The number of carbonyl (C=O) groups is 1. The van der Waals surface area contributed by atoms with Crippen molar-refractivity contribution in [2.75, 3.05) is 11.4 Å². The van der Waals surface area contributed by atoms with Crippen molar-refractivity contribution < 1.29 is 9.32 Å². The van der Waals surface area contributed by atoms with Crippen LogP contribution in [0.4, 0.5) is 5.88 Å². The van der Waals surface area contributed by atoms with Crippen LogP contribution in [0.1, 0.15) is 25.5 Å². The third-order valence-electron chi connectivity index (χ3n) is 2.68. The molecule has 16 heavy (non-hydrogen) atoms. The molecule has 0 N–H and O–H groups in total. The van der Waals surface area contributed by atoms with Gasteiger partial charge in [-0.15, -0.1) is 12.3 Å². The Kier molecular flexibility index (Phi) is 2.95. The molecule has 0 spiro atoms. The van der Waals surface area contributed by atoms with Crippen LogP contribution in [-0.4, -0.2) is 17.6 Å². The van der Waals surface area contributed by atoms with Crippen LogP contribution in [0.15, 0.2) is 10.6 Å². The first kappa shape index (κ1) is 10.7. The first-order valence-electron chi connectivity index (χ1n) is 5.46. The summed E-state index contributed by atoms with van der Waals surface area (Å²) >= 11 is 0. The minimum Gasteiger partial charge on any atom is -0.338 e. The lowest BCUT2D eigenvalue weighted by molar-refractivity contribution is -0.117. The van der Waals surface area contributed by atoms with E-state index in [9.17, 15) is 4.79 Å². The second kappa shape index (κ2) is 4.40. The lowest BCUT2D eigenvalue weighted by Gasteiger charge is -2.09. The maximum atomic E-state index is 11.7. The van der Waals surface area contributed by atoms with Gasteiger partial charge in [0.25, 0.3) is 0 Å². The number of hydrogen-bond donors (Lipinski definition) is 0. The Morgan fingerprint density at radius 1 is 1.75 bits per heavy atom. The van der Waals surface area contributed by atoms with Crippen LogP contribution < -0.4 is 4.90 Å². The van der Waals surface area contributed by atoms with Crippen molar-refractivity contribution in [1.29, 1.82) is 0 Å². The summed E-state index contributed by atoms with van der Waals surface area (Å²) in [4.78, 5) is 13.2. The Morgan fingerprint density at radius 3 is 3.19 bits per heavy atom. The topological polar surface area (TPSA) is 46.3 Å². The van der Waals surface area contributed by atoms with Crippen LogP contribution in [0.2, 0.25) is 0 Å². The highest BCUT2D eigenvalue weighted by Gasteiger charge is 2.31. The van der Waals surface area contributed by atoms with Gasteiger partial charge in [0.05, 0.1) is 5.69 Å². The molecule has 2 heterocycles. The summed E-state index contributed by atoms with van der Waals surface area (Å²) in [6.45, 7) is 2.61. The normalized spacial score (nSPS) is 20.1. The lowest BCUT2D eigenvalue weighted by atomic mass is 10.1. The molecule has 1 unspecified atom stereocenters. The van der Waals surface area contributed by atoms with Gasteiger partial charge in [-0.25, -0.2) is 0 Å². The fraction of sp³-hybridized carbons (Fsp3) is 0.500. The fourth-order valence-corrected chi connectivity index (χ4v) is 1.83. The number of rotatable bonds is 3. The first-order chi connectivity index (χ1) is 7.74. The summed E-state index contributed by atoms with van der Waals surface area (Å²) in [5.41, 5.74) is 0.884. The average Bonchev–Trinajstić information content (AvgIpc) is 2.85. The van der Waals surface area contributed by atoms with Crippen molar-refractivity contribution in [3.8, 4) is 12.3 Å². The molecule has 0 aliphatic carbocycles. The molecule has 4 heteroatoms. The number of aryl methyl sites for hydroxylation is 1. The van der Waals surface area contributed by atoms with Crippen LogP contribution in [0, 0.1) is 18.3 Å². The number of nitrogens with zero attached hydrogens (tertiary/aromatic N) is 2. The van der Waals surface area contributed by atoms with Crippen molar-refractivity contribution in [2.45, 2.75) is 26.2 Å². The second-order valence-corrected chi connectivity index (χ2v) is 3.98. The third-order valence-corrected chi connectivity index (χ3v) is 2.68. The van der Waals surface area contributed by atoms with Crippen molar-refractivity contribution in [3.63, 3.8) is 0 Å². The van der Waals surface area contributed by atoms with Gasteiger partial charge in [-0.2, -0.15) is 0 Å². The van der Waals surface area contributed by atoms with Gasteiger partial charge in [0, 0.05) is 24.9 Å². The standard InChI is InChI=1S/C12H14N2O2/c1-3-5-10-7-12(16-13-10)14-8-9(4-2)6-11(14)15/h2,7,9H,3,5-6,8H2,1H3. The van der Waals surface area contributed by atoms with Crippen LogP contribution in [0.3, 0.4) is 0 Å². The number of terminal acetylenes is 1. The number of carbonyl (C=O) groups excluding carboxylic acids is 1. The number of hydrogen-bond acceptors (Lipinski definition) is 3. The largest absolute Gasteiger partial charge is 0.338 e. The van der Waals surface area contributed by atoms with Gasteiger partial charge in [0.2, 0.25) is 11.8 Å². The summed E-state index contributed by atoms with van der Waals surface area (Å²) in [6, 6.07) is 1.82. The molecular formula is C12H14N2O2. The third kappa shape index (κ3) is 1.94. The van der Waals surface area contributed by atoms with E-state index in [0.29, 0.717) is 18.8 Å². The highest BCUT2D eigenvalue weighted by atomic mass is 16.5. The maximum Gasteiger partial charge on any atom is 0.234 e. The van der Waals surface area contributed by atoms with Crippen molar-refractivity contribution >= 4 is 11.8 Å². The quantitative estimate of drug-likeness (QED) is 0.724. The molecule has 0 aromatic carbocycles. The molecule has 4 nitrogen and oxygen atoms in total. The molecule has 1 fully saturated rings. The SMILES string of the molecule is C#CC1CC(=O)N(c2cc(CCC)no2)C1. The van der Waals surface area contributed by atoms with Gasteiger partial charge >= 0.3 is 0 Å². The van der Waals surface area contributed by atoms with E-state index in [1.54, 1.807) is 4.90 Å². The summed E-state index contributed by atoms with van der Waals surface area (Å²) in [5, 5.41) is 3.92. The van der Waals surface area contributed by atoms with E-state index in [4.69, 9.17) is 10.9 Å². The van der Waals surface area contributed by atoms with Crippen LogP contribution in [-0.2, 0) is 11.2 Å². The molecule has 1 saturated heterocycles. The molecule has 0 radical (unpaired) electrons. The monoisotopic (exact) mass is 218 g/mol. The van der Waals surface area contributed by atoms with Gasteiger partial charge in [0.1, 0.15) is 0 Å². The van der Waals surface area contributed by atoms with E-state index in [1.807, 2.05) is 6.07 Å². The minimum absolute atomic E-state index is 0.00720. The summed E-state index contributed by atoms with van der Waals surface area (Å²) < 4.78 is 5.15. The molecule has 84 valence electrons. The van der Waals surface area contributed by atoms with Crippen LogP contribution in [0.5, 0.6) is 0 Å². The first-order valence-corrected chi connectivity index (χ1v) is 5.46. The zero-order valence-electron chi connectivity index (χ0n) is 9.27. The molecule has 0 saturated carbocycles. The zero-order valence-corrected chi connectivity index (χ0v) is 9.27. The Labute approximate surface area is 94.6 Å². The highest BCUT2D eigenvalue weighted by Crippen LogP contribution is 2.25. The molecular weight excluding hydrogens is 204 g/mol. The molecule has 1 amide bonds. The van der Waals surface area contributed by atoms with Crippen LogP contribution >= 0.6 is 0 Å². The fourth-order valence-electron chi connectivity index (χ4n) is 1.83. The van der Waals surface area contributed by atoms with Gasteiger partial charge in [-0.3, -0.25) is 9.69 Å². The van der Waals surface area contributed by atoms with Crippen molar-refractivity contribution in [2.24, 2.45) is 5.92 Å². The molecule has 0 bridgehead atoms. The predicted molar refractivity (Wildman–Crippen MR) is 59.8 cm³/mol. The van der Waals surface area contributed by atoms with E-state index < -0.39 is 0 Å². The smallest absolute Gasteiger partial charge is 0.234 e. The Bertz CT molecular complexity index is 430. The molecule has 1 aromatic rings. The maximum absolute atomic E-state index is 11.7. The molecule has 2 rings (SSSR count). The highest BCUT2D eigenvalue weighted by molar-refractivity contribution is 5.94. The average molecular weight is 218 g/mol. The van der Waals surface area contributed by atoms with Gasteiger partial charge < -0.3 is 4.52 Å². The number of aromatic nitrogens is 1. The molecule has 1 aliphatic heterocycles.